The molecule has 0 aliphatic rings. The fraction of sp³-hybridized carbons (Fsp3) is 0.640. The third-order valence-electron chi connectivity index (χ3n) is 5.65. The topological polar surface area (TPSA) is 83.6 Å². The van der Waals surface area contributed by atoms with E-state index < -0.39 is 4.92 Å². The summed E-state index contributed by atoms with van der Waals surface area (Å²) in [6.07, 6.45) is 7.95. The molecule has 0 saturated heterocycles. The zero-order valence-corrected chi connectivity index (χ0v) is 20.0. The predicted octanol–water partition coefficient (Wildman–Crippen LogP) is 6.48. The van der Waals surface area contributed by atoms with Crippen molar-refractivity contribution in [2.45, 2.75) is 85.6 Å². The van der Waals surface area contributed by atoms with E-state index in [9.17, 15) is 14.9 Å². The maximum absolute atomic E-state index is 13.5. The van der Waals surface area contributed by atoms with E-state index in [1.165, 1.54) is 12.1 Å². The molecular formula is C25H38N2O5. The summed E-state index contributed by atoms with van der Waals surface area (Å²) in [5.74, 6) is 0.946. The lowest BCUT2D eigenvalue weighted by Crippen LogP contribution is -2.25. The average molecular weight is 447 g/mol. The van der Waals surface area contributed by atoms with Gasteiger partial charge >= 0.3 is 0 Å². The molecule has 0 fully saturated rings. The van der Waals surface area contributed by atoms with E-state index >= 15 is 0 Å². The molecule has 32 heavy (non-hydrogen) atoms. The summed E-state index contributed by atoms with van der Waals surface area (Å²) in [6.45, 7) is 9.82. The summed E-state index contributed by atoms with van der Waals surface area (Å²) in [6, 6.07) is 4.61. The van der Waals surface area contributed by atoms with Crippen LogP contribution >= 0.6 is 0 Å². The Morgan fingerprint density at radius 2 is 1.75 bits per heavy atom. The van der Waals surface area contributed by atoms with Gasteiger partial charge in [-0.15, -0.1) is 0 Å². The first-order chi connectivity index (χ1) is 15.4. The van der Waals surface area contributed by atoms with Crippen LogP contribution < -0.4 is 15.0 Å². The molecule has 1 heterocycles. The number of aryl methyl sites for hydroxylation is 1. The smallest absolute Gasteiger partial charge is 0.297 e. The summed E-state index contributed by atoms with van der Waals surface area (Å²) in [7, 11) is 0. The summed E-state index contributed by atoms with van der Waals surface area (Å²) in [4.78, 5) is 24.4. The Balaban J connectivity index is 2.57. The monoisotopic (exact) mass is 446 g/mol. The van der Waals surface area contributed by atoms with E-state index in [-0.39, 0.29) is 17.0 Å². The number of benzene rings is 1. The quantitative estimate of drug-likeness (QED) is 0.177. The largest absolute Gasteiger partial charge is 0.489 e. The number of non-ortho nitro benzene ring substituents is 1. The third-order valence-corrected chi connectivity index (χ3v) is 5.65. The number of rotatable bonds is 15. The van der Waals surface area contributed by atoms with Crippen molar-refractivity contribution in [1.82, 2.24) is 4.57 Å². The highest BCUT2D eigenvalue weighted by Crippen LogP contribution is 2.35. The van der Waals surface area contributed by atoms with Gasteiger partial charge in [-0.3, -0.25) is 14.9 Å². The maximum Gasteiger partial charge on any atom is 0.297 e. The third kappa shape index (κ3) is 6.71. The van der Waals surface area contributed by atoms with Gasteiger partial charge in [-0.25, -0.2) is 0 Å². The zero-order chi connectivity index (χ0) is 23.5. The van der Waals surface area contributed by atoms with Gasteiger partial charge < -0.3 is 14.0 Å². The van der Waals surface area contributed by atoms with Crippen molar-refractivity contribution in [2.24, 2.45) is 5.92 Å². The van der Waals surface area contributed by atoms with Crippen molar-refractivity contribution in [2.75, 3.05) is 13.2 Å². The molecule has 7 heteroatoms. The second kappa shape index (κ2) is 13.1. The van der Waals surface area contributed by atoms with Gasteiger partial charge in [0.2, 0.25) is 5.75 Å². The molecule has 0 bridgehead atoms. The van der Waals surface area contributed by atoms with Gasteiger partial charge in [0.15, 0.2) is 5.75 Å². The summed E-state index contributed by atoms with van der Waals surface area (Å²) >= 11 is 0. The molecular weight excluding hydrogens is 408 g/mol. The number of nitro groups is 1. The van der Waals surface area contributed by atoms with Crippen LogP contribution in [-0.2, 0) is 6.54 Å². The molecule has 0 radical (unpaired) electrons. The summed E-state index contributed by atoms with van der Waals surface area (Å²) < 4.78 is 13.8. The van der Waals surface area contributed by atoms with Crippen molar-refractivity contribution < 1.29 is 14.4 Å². The van der Waals surface area contributed by atoms with Gasteiger partial charge in [0, 0.05) is 24.1 Å². The molecule has 1 aromatic carbocycles. The molecule has 0 spiro atoms. The minimum atomic E-state index is -0.434. The van der Waals surface area contributed by atoms with E-state index in [1.54, 1.807) is 10.6 Å². The standard InChI is InChI=1S/C25H38N2O5/c1-5-8-10-11-16-31-23-21-14-13-20(27(29)30)17-22(21)26(15-9-6-2)25(28)24(23)32-18-19(4)12-7-3/h13-14,17,19H,5-12,15-16,18H2,1-4H3. The fourth-order valence-corrected chi connectivity index (χ4v) is 3.81. The zero-order valence-electron chi connectivity index (χ0n) is 20.0. The molecule has 0 amide bonds. The molecule has 0 aliphatic heterocycles. The van der Waals surface area contributed by atoms with Gasteiger partial charge in [-0.05, 0) is 31.2 Å². The highest BCUT2D eigenvalue weighted by atomic mass is 16.6. The number of aromatic nitrogens is 1. The van der Waals surface area contributed by atoms with Crippen LogP contribution in [0, 0.1) is 16.0 Å². The molecule has 2 aromatic rings. The number of pyridine rings is 1. The Kier molecular flexibility index (Phi) is 10.5. The number of unbranched alkanes of at least 4 members (excludes halogenated alkanes) is 4. The number of nitrogens with zero attached hydrogens (tertiary/aromatic N) is 2. The van der Waals surface area contributed by atoms with Gasteiger partial charge in [0.1, 0.15) is 0 Å². The van der Waals surface area contributed by atoms with Crippen LogP contribution in [0.25, 0.3) is 10.9 Å². The lowest BCUT2D eigenvalue weighted by atomic mass is 10.1. The highest BCUT2D eigenvalue weighted by Gasteiger charge is 2.22. The van der Waals surface area contributed by atoms with E-state index in [4.69, 9.17) is 9.47 Å². The second-order valence-electron chi connectivity index (χ2n) is 8.54. The predicted molar refractivity (Wildman–Crippen MR) is 129 cm³/mol. The van der Waals surface area contributed by atoms with Gasteiger partial charge in [-0.2, -0.15) is 0 Å². The van der Waals surface area contributed by atoms with Crippen LogP contribution in [0.2, 0.25) is 0 Å². The average Bonchev–Trinajstić information content (AvgIpc) is 2.77. The first kappa shape index (κ1) is 25.7. The molecule has 1 aromatic heterocycles. The first-order valence-electron chi connectivity index (χ1n) is 12.0. The van der Waals surface area contributed by atoms with Crippen LogP contribution in [0.3, 0.4) is 0 Å². The lowest BCUT2D eigenvalue weighted by molar-refractivity contribution is -0.384. The van der Waals surface area contributed by atoms with Crippen LogP contribution in [0.4, 0.5) is 5.69 Å². The van der Waals surface area contributed by atoms with Gasteiger partial charge in [0.05, 0.1) is 23.7 Å². The van der Waals surface area contributed by atoms with E-state index in [0.717, 1.165) is 51.4 Å². The van der Waals surface area contributed by atoms with Crippen molar-refractivity contribution in [1.29, 1.82) is 0 Å². The molecule has 1 atom stereocenters. The Hall–Kier alpha value is -2.57. The van der Waals surface area contributed by atoms with Crippen LogP contribution in [0.5, 0.6) is 11.5 Å². The number of fused-ring (bicyclic) bond motifs is 1. The maximum atomic E-state index is 13.5. The minimum Gasteiger partial charge on any atom is -0.489 e. The Morgan fingerprint density at radius 3 is 2.41 bits per heavy atom. The van der Waals surface area contributed by atoms with Crippen molar-refractivity contribution in [3.8, 4) is 11.5 Å². The Labute approximate surface area is 190 Å². The number of hydrogen-bond acceptors (Lipinski definition) is 5. The molecule has 178 valence electrons. The Bertz CT molecular complexity index is 938. The summed E-state index contributed by atoms with van der Waals surface area (Å²) in [5.41, 5.74) is 0.204. The van der Waals surface area contributed by atoms with Gasteiger partial charge in [-0.1, -0.05) is 59.8 Å². The minimum absolute atomic E-state index is 0.0405. The molecule has 2 rings (SSSR count). The van der Waals surface area contributed by atoms with E-state index in [0.29, 0.717) is 42.3 Å². The summed E-state index contributed by atoms with van der Waals surface area (Å²) in [5, 5.41) is 12.1. The van der Waals surface area contributed by atoms with Crippen LogP contribution in [0.1, 0.15) is 79.1 Å². The van der Waals surface area contributed by atoms with E-state index in [2.05, 4.69) is 20.8 Å². The Morgan fingerprint density at radius 1 is 1.00 bits per heavy atom. The second-order valence-corrected chi connectivity index (χ2v) is 8.54. The molecule has 0 aliphatic carbocycles. The highest BCUT2D eigenvalue weighted by molar-refractivity contribution is 5.89. The molecule has 0 saturated carbocycles. The normalized spacial score (nSPS) is 12.1. The van der Waals surface area contributed by atoms with Crippen molar-refractivity contribution in [3.63, 3.8) is 0 Å². The lowest BCUT2D eigenvalue weighted by Gasteiger charge is -2.20. The molecule has 1 unspecified atom stereocenters. The van der Waals surface area contributed by atoms with Crippen molar-refractivity contribution >= 4 is 16.6 Å². The SMILES string of the molecule is CCCCCCOc1c(OCC(C)CCC)c(=O)n(CCCC)c2cc([N+](=O)[O-])ccc12. The van der Waals surface area contributed by atoms with Crippen LogP contribution in [-0.4, -0.2) is 22.7 Å². The first-order valence-corrected chi connectivity index (χ1v) is 12.0. The van der Waals surface area contributed by atoms with E-state index in [1.807, 2.05) is 6.92 Å². The fourth-order valence-electron chi connectivity index (χ4n) is 3.81. The number of hydrogen-bond donors (Lipinski definition) is 0. The molecule has 0 N–H and O–H groups in total. The van der Waals surface area contributed by atoms with Crippen molar-refractivity contribution in [3.05, 3.63) is 38.7 Å². The molecule has 7 nitrogen and oxygen atoms in total. The van der Waals surface area contributed by atoms with Crippen LogP contribution in [0.15, 0.2) is 23.0 Å². The number of ether oxygens (including phenoxy) is 2. The van der Waals surface area contributed by atoms with Gasteiger partial charge in [0.25, 0.3) is 11.2 Å². The number of nitro benzene ring substituents is 1.